The number of hydrogen-bond acceptors (Lipinski definition) is 4. The van der Waals surface area contributed by atoms with Gasteiger partial charge in [0.25, 0.3) is 5.91 Å². The molecule has 140 valence electrons. The van der Waals surface area contributed by atoms with Gasteiger partial charge < -0.3 is 10.3 Å². The molecule has 0 saturated heterocycles. The van der Waals surface area contributed by atoms with Crippen LogP contribution in [-0.4, -0.2) is 37.2 Å². The third kappa shape index (κ3) is 3.15. The van der Waals surface area contributed by atoms with Crippen molar-refractivity contribution in [2.75, 3.05) is 6.54 Å². The van der Waals surface area contributed by atoms with Crippen LogP contribution in [0.25, 0.3) is 22.3 Å². The molecule has 4 aromatic rings. The highest BCUT2D eigenvalue weighted by molar-refractivity contribution is 6.06. The molecule has 0 atom stereocenters. The monoisotopic (exact) mass is 372 g/mol. The summed E-state index contributed by atoms with van der Waals surface area (Å²) in [6, 6.07) is 9.90. The maximum atomic E-state index is 12.6. The van der Waals surface area contributed by atoms with Crippen LogP contribution < -0.4 is 5.32 Å². The van der Waals surface area contributed by atoms with Gasteiger partial charge in [-0.15, -0.1) is 0 Å². The molecule has 0 aliphatic heterocycles. The lowest BCUT2D eigenvalue weighted by Gasteiger charge is -2.08. The molecule has 1 fully saturated rings. The Morgan fingerprint density at radius 2 is 2.11 bits per heavy atom. The van der Waals surface area contributed by atoms with Crippen LogP contribution in [0.5, 0.6) is 0 Å². The third-order valence-electron chi connectivity index (χ3n) is 5.08. The first-order valence-electron chi connectivity index (χ1n) is 9.48. The van der Waals surface area contributed by atoms with E-state index < -0.39 is 0 Å². The third-order valence-corrected chi connectivity index (χ3v) is 5.08. The van der Waals surface area contributed by atoms with Gasteiger partial charge in [-0.05, 0) is 25.0 Å². The molecule has 0 bridgehead atoms. The predicted octanol–water partition coefficient (Wildman–Crippen LogP) is 3.13. The van der Waals surface area contributed by atoms with Gasteiger partial charge in [-0.1, -0.05) is 18.2 Å². The molecular weight excluding hydrogens is 352 g/mol. The van der Waals surface area contributed by atoms with Crippen LogP contribution in [0.3, 0.4) is 0 Å². The SMILES string of the molecule is O=C(NCCn1nc(-c2cnccn2)cc1C1CC1)c1c[nH]c2ccccc12. The van der Waals surface area contributed by atoms with Crippen molar-refractivity contribution in [3.63, 3.8) is 0 Å². The van der Waals surface area contributed by atoms with Crippen LogP contribution >= 0.6 is 0 Å². The van der Waals surface area contributed by atoms with Crippen LogP contribution in [0.15, 0.2) is 55.1 Å². The van der Waals surface area contributed by atoms with Crippen molar-refractivity contribution in [1.29, 1.82) is 0 Å². The Morgan fingerprint density at radius 1 is 1.21 bits per heavy atom. The highest BCUT2D eigenvalue weighted by Gasteiger charge is 2.28. The average molecular weight is 372 g/mol. The molecule has 7 heteroatoms. The Balaban J connectivity index is 1.30. The van der Waals surface area contributed by atoms with E-state index in [4.69, 9.17) is 5.10 Å². The summed E-state index contributed by atoms with van der Waals surface area (Å²) in [6.07, 6.45) is 9.19. The topological polar surface area (TPSA) is 88.5 Å². The lowest BCUT2D eigenvalue weighted by molar-refractivity contribution is 0.0953. The summed E-state index contributed by atoms with van der Waals surface area (Å²) in [7, 11) is 0. The number of aromatic nitrogens is 5. The van der Waals surface area contributed by atoms with E-state index in [2.05, 4.69) is 26.3 Å². The number of nitrogens with zero attached hydrogens (tertiary/aromatic N) is 4. The van der Waals surface area contributed by atoms with E-state index in [0.29, 0.717) is 24.6 Å². The van der Waals surface area contributed by atoms with E-state index in [0.717, 1.165) is 22.3 Å². The number of H-pyrrole nitrogens is 1. The van der Waals surface area contributed by atoms with E-state index in [1.807, 2.05) is 28.9 Å². The van der Waals surface area contributed by atoms with Crippen LogP contribution in [0, 0.1) is 0 Å². The molecule has 1 amide bonds. The van der Waals surface area contributed by atoms with Crippen molar-refractivity contribution in [1.82, 2.24) is 30.0 Å². The molecule has 1 saturated carbocycles. The largest absolute Gasteiger partial charge is 0.360 e. The number of fused-ring (bicyclic) bond motifs is 1. The lowest BCUT2D eigenvalue weighted by Crippen LogP contribution is -2.27. The number of benzene rings is 1. The van der Waals surface area contributed by atoms with Crippen LogP contribution in [0.2, 0.25) is 0 Å². The van der Waals surface area contributed by atoms with Crippen molar-refractivity contribution in [3.05, 3.63) is 66.4 Å². The van der Waals surface area contributed by atoms with Crippen molar-refractivity contribution < 1.29 is 4.79 Å². The van der Waals surface area contributed by atoms with E-state index in [-0.39, 0.29) is 5.91 Å². The van der Waals surface area contributed by atoms with Gasteiger partial charge in [-0.25, -0.2) is 0 Å². The number of aromatic amines is 1. The van der Waals surface area contributed by atoms with Crippen molar-refractivity contribution in [2.45, 2.75) is 25.3 Å². The maximum absolute atomic E-state index is 12.6. The minimum absolute atomic E-state index is 0.0771. The highest BCUT2D eigenvalue weighted by atomic mass is 16.1. The lowest BCUT2D eigenvalue weighted by atomic mass is 10.1. The van der Waals surface area contributed by atoms with Crippen LogP contribution in [0.4, 0.5) is 0 Å². The van der Waals surface area contributed by atoms with Gasteiger partial charge in [0.1, 0.15) is 11.4 Å². The number of nitrogens with one attached hydrogen (secondary N) is 2. The second kappa shape index (κ2) is 6.92. The van der Waals surface area contributed by atoms with Gasteiger partial charge in [-0.3, -0.25) is 19.4 Å². The van der Waals surface area contributed by atoms with Gasteiger partial charge in [0.05, 0.1) is 18.3 Å². The van der Waals surface area contributed by atoms with Crippen LogP contribution in [-0.2, 0) is 6.54 Å². The summed E-state index contributed by atoms with van der Waals surface area (Å²) in [5.74, 6) is 0.481. The Labute approximate surface area is 161 Å². The first-order valence-corrected chi connectivity index (χ1v) is 9.48. The van der Waals surface area contributed by atoms with Gasteiger partial charge in [0, 0.05) is 47.7 Å². The summed E-state index contributed by atoms with van der Waals surface area (Å²) >= 11 is 0. The molecule has 0 radical (unpaired) electrons. The van der Waals surface area contributed by atoms with Crippen LogP contribution in [0.1, 0.15) is 34.8 Å². The fourth-order valence-electron chi connectivity index (χ4n) is 3.50. The summed E-state index contributed by atoms with van der Waals surface area (Å²) in [4.78, 5) is 24.2. The second-order valence-corrected chi connectivity index (χ2v) is 7.05. The van der Waals surface area contributed by atoms with Gasteiger partial charge in [-0.2, -0.15) is 5.10 Å². The molecule has 1 aliphatic carbocycles. The zero-order chi connectivity index (χ0) is 18.9. The molecule has 5 rings (SSSR count). The van der Waals surface area contributed by atoms with Gasteiger partial charge in [0.15, 0.2) is 0 Å². The summed E-state index contributed by atoms with van der Waals surface area (Å²) in [5, 5.41) is 8.65. The number of carbonyl (C=O) groups is 1. The minimum atomic E-state index is -0.0771. The standard InChI is InChI=1S/C21H20N6O/c28-21(16-12-25-17-4-2-1-3-15(16)17)24-9-10-27-20(14-5-6-14)11-18(26-27)19-13-22-7-8-23-19/h1-4,7-8,11-14,25H,5-6,9-10H2,(H,24,28). The molecule has 3 heterocycles. The second-order valence-electron chi connectivity index (χ2n) is 7.05. The van der Waals surface area contributed by atoms with Crippen molar-refractivity contribution in [2.24, 2.45) is 0 Å². The number of para-hydroxylation sites is 1. The summed E-state index contributed by atoms with van der Waals surface area (Å²) in [6.45, 7) is 1.14. The zero-order valence-corrected chi connectivity index (χ0v) is 15.3. The predicted molar refractivity (Wildman–Crippen MR) is 106 cm³/mol. The molecule has 1 aromatic carbocycles. The van der Waals surface area contributed by atoms with E-state index in [1.165, 1.54) is 18.5 Å². The Morgan fingerprint density at radius 3 is 2.93 bits per heavy atom. The highest BCUT2D eigenvalue weighted by Crippen LogP contribution is 2.41. The smallest absolute Gasteiger partial charge is 0.253 e. The Bertz CT molecular complexity index is 1130. The van der Waals surface area contributed by atoms with Crippen molar-refractivity contribution >= 4 is 16.8 Å². The molecule has 2 N–H and O–H groups in total. The van der Waals surface area contributed by atoms with E-state index in [1.54, 1.807) is 24.8 Å². The quantitative estimate of drug-likeness (QED) is 0.544. The molecular formula is C21H20N6O. The number of amides is 1. The fraction of sp³-hybridized carbons (Fsp3) is 0.238. The Kier molecular flexibility index (Phi) is 4.12. The van der Waals surface area contributed by atoms with E-state index in [9.17, 15) is 4.79 Å². The number of rotatable bonds is 6. The molecule has 7 nitrogen and oxygen atoms in total. The first-order chi connectivity index (χ1) is 13.8. The molecule has 0 spiro atoms. The Hall–Kier alpha value is -3.48. The van der Waals surface area contributed by atoms with Gasteiger partial charge in [0.2, 0.25) is 0 Å². The fourth-order valence-corrected chi connectivity index (χ4v) is 3.50. The van der Waals surface area contributed by atoms with Crippen molar-refractivity contribution in [3.8, 4) is 11.4 Å². The van der Waals surface area contributed by atoms with Gasteiger partial charge >= 0.3 is 0 Å². The minimum Gasteiger partial charge on any atom is -0.360 e. The maximum Gasteiger partial charge on any atom is 0.253 e. The molecule has 0 unspecified atom stereocenters. The normalized spacial score (nSPS) is 13.7. The van der Waals surface area contributed by atoms with E-state index >= 15 is 0 Å². The summed E-state index contributed by atoms with van der Waals surface area (Å²) < 4.78 is 2.00. The summed E-state index contributed by atoms with van der Waals surface area (Å²) in [5.41, 5.74) is 4.44. The number of carbonyl (C=O) groups excluding carboxylic acids is 1. The first kappa shape index (κ1) is 16.7. The molecule has 3 aromatic heterocycles. The molecule has 28 heavy (non-hydrogen) atoms. The number of hydrogen-bond donors (Lipinski definition) is 2. The average Bonchev–Trinajstić information content (AvgIpc) is 3.34. The molecule has 1 aliphatic rings. The zero-order valence-electron chi connectivity index (χ0n) is 15.3.